The monoisotopic (exact) mass is 284 g/mol. The van der Waals surface area contributed by atoms with Gasteiger partial charge in [0.15, 0.2) is 11.5 Å². The highest BCUT2D eigenvalue weighted by molar-refractivity contribution is 5.85. The minimum Gasteiger partial charge on any atom is -0.489 e. The molecule has 0 amide bonds. The smallest absolute Gasteiger partial charge is 0.387 e. The van der Waals surface area contributed by atoms with Gasteiger partial charge >= 0.3 is 12.6 Å². The number of rotatable bonds is 7. The summed E-state index contributed by atoms with van der Waals surface area (Å²) in [5.41, 5.74) is 0.541. The topological polar surface area (TPSA) is 55.8 Å². The van der Waals surface area contributed by atoms with Gasteiger partial charge in [0.2, 0.25) is 0 Å². The Morgan fingerprint density at radius 1 is 1.40 bits per heavy atom. The summed E-state index contributed by atoms with van der Waals surface area (Å²) in [6, 6.07) is 4.32. The zero-order valence-electron chi connectivity index (χ0n) is 10.6. The van der Waals surface area contributed by atoms with E-state index in [1.165, 1.54) is 24.3 Å². The number of alkyl halides is 2. The van der Waals surface area contributed by atoms with E-state index in [4.69, 9.17) is 9.84 Å². The van der Waals surface area contributed by atoms with E-state index < -0.39 is 12.6 Å². The van der Waals surface area contributed by atoms with Gasteiger partial charge in [-0.25, -0.2) is 4.79 Å². The van der Waals surface area contributed by atoms with Crippen molar-refractivity contribution in [2.45, 2.75) is 19.5 Å². The fourth-order valence-corrected chi connectivity index (χ4v) is 1.59. The molecule has 1 aliphatic carbocycles. The van der Waals surface area contributed by atoms with Crippen LogP contribution in [-0.2, 0) is 4.79 Å². The van der Waals surface area contributed by atoms with Crippen molar-refractivity contribution in [1.29, 1.82) is 0 Å². The van der Waals surface area contributed by atoms with Crippen LogP contribution in [0.15, 0.2) is 24.3 Å². The Hall–Kier alpha value is -2.11. The molecule has 0 aliphatic heterocycles. The molecular weight excluding hydrogens is 270 g/mol. The standard InChI is InChI=1S/C14H14F2O4/c15-14(16)20-11-5-3-9(4-6-13(17)18)7-12(11)19-8-10-1-2-10/h3-7,10,14H,1-2,8H2,(H,17,18)/b6-4+. The molecule has 0 heterocycles. The highest BCUT2D eigenvalue weighted by atomic mass is 19.3. The normalized spacial score (nSPS) is 14.8. The Morgan fingerprint density at radius 2 is 2.15 bits per heavy atom. The molecule has 1 aliphatic rings. The van der Waals surface area contributed by atoms with Gasteiger partial charge in [-0.3, -0.25) is 0 Å². The molecular formula is C14H14F2O4. The number of aliphatic carboxylic acids is 1. The summed E-state index contributed by atoms with van der Waals surface area (Å²) in [6.07, 6.45) is 4.47. The Bertz CT molecular complexity index is 510. The van der Waals surface area contributed by atoms with Gasteiger partial charge in [-0.05, 0) is 42.5 Å². The second-order valence-electron chi connectivity index (χ2n) is 4.51. The Morgan fingerprint density at radius 3 is 2.75 bits per heavy atom. The molecule has 2 rings (SSSR count). The maximum absolute atomic E-state index is 12.3. The summed E-state index contributed by atoms with van der Waals surface area (Å²) in [6.45, 7) is -2.48. The predicted octanol–water partition coefficient (Wildman–Crippen LogP) is 3.17. The Labute approximate surface area is 114 Å². The molecule has 0 atom stereocenters. The fourth-order valence-electron chi connectivity index (χ4n) is 1.59. The van der Waals surface area contributed by atoms with Crippen molar-refractivity contribution in [3.05, 3.63) is 29.8 Å². The third-order valence-corrected chi connectivity index (χ3v) is 2.77. The zero-order valence-corrected chi connectivity index (χ0v) is 10.6. The summed E-state index contributed by atoms with van der Waals surface area (Å²) < 4.78 is 34.4. The second kappa shape index (κ2) is 6.36. The van der Waals surface area contributed by atoms with Crippen molar-refractivity contribution in [1.82, 2.24) is 0 Å². The maximum Gasteiger partial charge on any atom is 0.387 e. The molecule has 0 bridgehead atoms. The van der Waals surface area contributed by atoms with Gasteiger partial charge in [0.25, 0.3) is 0 Å². The maximum atomic E-state index is 12.3. The van der Waals surface area contributed by atoms with Crippen LogP contribution in [0.1, 0.15) is 18.4 Å². The van der Waals surface area contributed by atoms with E-state index >= 15 is 0 Å². The molecule has 1 saturated carbocycles. The first-order valence-electron chi connectivity index (χ1n) is 6.17. The van der Waals surface area contributed by atoms with E-state index in [-0.39, 0.29) is 11.5 Å². The van der Waals surface area contributed by atoms with Crippen molar-refractivity contribution < 1.29 is 28.2 Å². The predicted molar refractivity (Wildman–Crippen MR) is 68.0 cm³/mol. The number of carbonyl (C=O) groups is 1. The molecule has 0 spiro atoms. The van der Waals surface area contributed by atoms with Crippen LogP contribution in [0.2, 0.25) is 0 Å². The van der Waals surface area contributed by atoms with Crippen LogP contribution in [-0.4, -0.2) is 24.3 Å². The number of benzene rings is 1. The van der Waals surface area contributed by atoms with Crippen molar-refractivity contribution >= 4 is 12.0 Å². The molecule has 0 unspecified atom stereocenters. The minimum absolute atomic E-state index is 0.0480. The van der Waals surface area contributed by atoms with Crippen molar-refractivity contribution in [2.75, 3.05) is 6.61 Å². The molecule has 0 aromatic heterocycles. The summed E-state index contributed by atoms with van der Waals surface area (Å²) in [7, 11) is 0. The van der Waals surface area contributed by atoms with Crippen LogP contribution < -0.4 is 9.47 Å². The quantitative estimate of drug-likeness (QED) is 0.781. The van der Waals surface area contributed by atoms with Crippen molar-refractivity contribution in [2.24, 2.45) is 5.92 Å². The Kier molecular flexibility index (Phi) is 4.55. The molecule has 4 nitrogen and oxygen atoms in total. The van der Waals surface area contributed by atoms with Crippen molar-refractivity contribution in [3.63, 3.8) is 0 Å². The number of carboxylic acids is 1. The SMILES string of the molecule is O=C(O)/C=C/c1ccc(OC(F)F)c(OCC2CC2)c1. The number of ether oxygens (including phenoxy) is 2. The van der Waals surface area contributed by atoms with Gasteiger partial charge in [-0.2, -0.15) is 8.78 Å². The lowest BCUT2D eigenvalue weighted by molar-refractivity contribution is -0.131. The van der Waals surface area contributed by atoms with E-state index in [0.29, 0.717) is 18.1 Å². The average Bonchev–Trinajstić information content (AvgIpc) is 3.19. The largest absolute Gasteiger partial charge is 0.489 e. The van der Waals surface area contributed by atoms with Crippen LogP contribution in [0.5, 0.6) is 11.5 Å². The molecule has 1 aromatic rings. The molecule has 1 aromatic carbocycles. The molecule has 108 valence electrons. The van der Waals surface area contributed by atoms with Gasteiger partial charge in [-0.1, -0.05) is 6.07 Å². The van der Waals surface area contributed by atoms with Crippen LogP contribution in [0.4, 0.5) is 8.78 Å². The number of carboxylic acid groups (broad SMARTS) is 1. The van der Waals surface area contributed by atoms with Crippen LogP contribution in [0, 0.1) is 5.92 Å². The number of halogens is 2. The molecule has 6 heteroatoms. The Balaban J connectivity index is 2.15. The van der Waals surface area contributed by atoms with Crippen molar-refractivity contribution in [3.8, 4) is 11.5 Å². The lowest BCUT2D eigenvalue weighted by Gasteiger charge is -2.12. The minimum atomic E-state index is -2.93. The van der Waals surface area contributed by atoms with E-state index in [9.17, 15) is 13.6 Å². The van der Waals surface area contributed by atoms with E-state index in [1.807, 2.05) is 0 Å². The average molecular weight is 284 g/mol. The third-order valence-electron chi connectivity index (χ3n) is 2.77. The van der Waals surface area contributed by atoms with Gasteiger partial charge in [0.1, 0.15) is 0 Å². The van der Waals surface area contributed by atoms with Gasteiger partial charge < -0.3 is 14.6 Å². The summed E-state index contributed by atoms with van der Waals surface area (Å²) >= 11 is 0. The summed E-state index contributed by atoms with van der Waals surface area (Å²) in [4.78, 5) is 10.5. The van der Waals surface area contributed by atoms with E-state index in [2.05, 4.69) is 4.74 Å². The molecule has 1 fully saturated rings. The third kappa shape index (κ3) is 4.53. The lowest BCUT2D eigenvalue weighted by atomic mass is 10.2. The van der Waals surface area contributed by atoms with Gasteiger partial charge in [0, 0.05) is 6.08 Å². The first-order valence-corrected chi connectivity index (χ1v) is 6.17. The lowest BCUT2D eigenvalue weighted by Crippen LogP contribution is -2.06. The zero-order chi connectivity index (χ0) is 14.5. The highest BCUT2D eigenvalue weighted by Gasteiger charge is 2.23. The number of hydrogen-bond donors (Lipinski definition) is 1. The fraction of sp³-hybridized carbons (Fsp3) is 0.357. The highest BCUT2D eigenvalue weighted by Crippen LogP contribution is 2.34. The summed E-state index contributed by atoms with van der Waals surface area (Å²) in [5, 5.41) is 8.56. The molecule has 20 heavy (non-hydrogen) atoms. The van der Waals surface area contributed by atoms with Crippen LogP contribution in [0.3, 0.4) is 0 Å². The van der Waals surface area contributed by atoms with Crippen LogP contribution >= 0.6 is 0 Å². The first kappa shape index (κ1) is 14.3. The summed E-state index contributed by atoms with van der Waals surface area (Å²) in [5.74, 6) is -0.469. The van der Waals surface area contributed by atoms with E-state index in [1.54, 1.807) is 0 Å². The van der Waals surface area contributed by atoms with Gasteiger partial charge in [0.05, 0.1) is 6.61 Å². The molecule has 0 saturated heterocycles. The van der Waals surface area contributed by atoms with Crippen LogP contribution in [0.25, 0.3) is 6.08 Å². The number of hydrogen-bond acceptors (Lipinski definition) is 3. The van der Waals surface area contributed by atoms with Gasteiger partial charge in [-0.15, -0.1) is 0 Å². The molecule has 0 radical (unpaired) electrons. The second-order valence-corrected chi connectivity index (χ2v) is 4.51. The van der Waals surface area contributed by atoms with E-state index in [0.717, 1.165) is 18.9 Å². The first-order chi connectivity index (χ1) is 9.54. The molecule has 1 N–H and O–H groups in total.